The SMILES string of the molecule is COc1ccc(C(CC2CO2)OC(CC2CO2)c2ccc(OC)cc2)cc1. The van der Waals surface area contributed by atoms with Crippen LogP contribution in [0.1, 0.15) is 36.2 Å². The Morgan fingerprint density at radius 2 is 1.11 bits per heavy atom. The average Bonchev–Trinajstić information content (AvgIpc) is 3.63. The van der Waals surface area contributed by atoms with Crippen LogP contribution in [0.3, 0.4) is 0 Å². The van der Waals surface area contributed by atoms with Crippen molar-refractivity contribution in [2.75, 3.05) is 27.4 Å². The van der Waals surface area contributed by atoms with Gasteiger partial charge in [0.1, 0.15) is 11.5 Å². The van der Waals surface area contributed by atoms with E-state index in [0.717, 1.165) is 48.7 Å². The molecule has 2 aliphatic heterocycles. The zero-order chi connectivity index (χ0) is 18.6. The van der Waals surface area contributed by atoms with Crippen molar-refractivity contribution < 1.29 is 23.7 Å². The highest BCUT2D eigenvalue weighted by atomic mass is 16.6. The molecule has 2 heterocycles. The van der Waals surface area contributed by atoms with Crippen LogP contribution in [0, 0.1) is 0 Å². The molecule has 5 nitrogen and oxygen atoms in total. The molecular weight excluding hydrogens is 344 g/mol. The third-order valence-electron chi connectivity index (χ3n) is 5.06. The Bertz CT molecular complexity index is 656. The van der Waals surface area contributed by atoms with Crippen molar-refractivity contribution in [3.63, 3.8) is 0 Å². The molecule has 4 atom stereocenters. The number of ether oxygens (including phenoxy) is 5. The predicted molar refractivity (Wildman–Crippen MR) is 101 cm³/mol. The van der Waals surface area contributed by atoms with Gasteiger partial charge in [-0.3, -0.25) is 0 Å². The van der Waals surface area contributed by atoms with Crippen molar-refractivity contribution in [3.8, 4) is 11.5 Å². The van der Waals surface area contributed by atoms with Gasteiger partial charge in [0.05, 0.1) is 51.8 Å². The summed E-state index contributed by atoms with van der Waals surface area (Å²) >= 11 is 0. The van der Waals surface area contributed by atoms with Crippen LogP contribution in [-0.2, 0) is 14.2 Å². The number of hydrogen-bond donors (Lipinski definition) is 0. The minimum absolute atomic E-state index is 0.0331. The molecule has 0 spiro atoms. The largest absolute Gasteiger partial charge is 0.497 e. The van der Waals surface area contributed by atoms with E-state index in [1.807, 2.05) is 24.3 Å². The van der Waals surface area contributed by atoms with Crippen LogP contribution < -0.4 is 9.47 Å². The fraction of sp³-hybridized carbons (Fsp3) is 0.455. The van der Waals surface area contributed by atoms with Gasteiger partial charge in [0.15, 0.2) is 0 Å². The van der Waals surface area contributed by atoms with Crippen LogP contribution in [-0.4, -0.2) is 39.6 Å². The number of epoxide rings is 2. The van der Waals surface area contributed by atoms with Gasteiger partial charge in [-0.2, -0.15) is 0 Å². The number of benzene rings is 2. The van der Waals surface area contributed by atoms with E-state index < -0.39 is 0 Å². The van der Waals surface area contributed by atoms with Gasteiger partial charge in [-0.25, -0.2) is 0 Å². The van der Waals surface area contributed by atoms with Crippen molar-refractivity contribution in [1.82, 2.24) is 0 Å². The van der Waals surface area contributed by atoms with Gasteiger partial charge in [0, 0.05) is 12.8 Å². The van der Waals surface area contributed by atoms with E-state index >= 15 is 0 Å². The van der Waals surface area contributed by atoms with Crippen LogP contribution in [0.15, 0.2) is 48.5 Å². The van der Waals surface area contributed by atoms with Crippen molar-refractivity contribution in [2.24, 2.45) is 0 Å². The third-order valence-corrected chi connectivity index (χ3v) is 5.06. The summed E-state index contributed by atoms with van der Waals surface area (Å²) in [5, 5.41) is 0. The fourth-order valence-corrected chi connectivity index (χ4v) is 3.26. The lowest BCUT2D eigenvalue weighted by Crippen LogP contribution is -2.14. The molecule has 0 saturated carbocycles. The topological polar surface area (TPSA) is 52.8 Å². The van der Waals surface area contributed by atoms with Gasteiger partial charge in [-0.1, -0.05) is 24.3 Å². The van der Waals surface area contributed by atoms with Gasteiger partial charge in [-0.15, -0.1) is 0 Å². The maximum Gasteiger partial charge on any atom is 0.118 e. The van der Waals surface area contributed by atoms with Crippen LogP contribution in [0.25, 0.3) is 0 Å². The summed E-state index contributed by atoms with van der Waals surface area (Å²) in [6.07, 6.45) is 2.20. The summed E-state index contributed by atoms with van der Waals surface area (Å²) in [6.45, 7) is 1.63. The molecule has 0 aromatic heterocycles. The lowest BCUT2D eigenvalue weighted by molar-refractivity contribution is -0.0302. The minimum atomic E-state index is -0.0331. The highest BCUT2D eigenvalue weighted by Crippen LogP contribution is 2.38. The normalized spacial score (nSPS) is 22.7. The quantitative estimate of drug-likeness (QED) is 0.590. The summed E-state index contributed by atoms with van der Waals surface area (Å²) in [6, 6.07) is 16.2. The van der Waals surface area contributed by atoms with E-state index in [2.05, 4.69) is 24.3 Å². The van der Waals surface area contributed by atoms with E-state index in [-0.39, 0.29) is 24.4 Å². The first-order valence-electron chi connectivity index (χ1n) is 9.41. The molecular formula is C22H26O5. The summed E-state index contributed by atoms with van der Waals surface area (Å²) in [5.74, 6) is 1.69. The molecule has 2 fully saturated rings. The lowest BCUT2D eigenvalue weighted by atomic mass is 10.0. The summed E-state index contributed by atoms with van der Waals surface area (Å²) < 4.78 is 28.1. The minimum Gasteiger partial charge on any atom is -0.497 e. The first kappa shape index (κ1) is 18.3. The van der Waals surface area contributed by atoms with E-state index in [9.17, 15) is 0 Å². The fourth-order valence-electron chi connectivity index (χ4n) is 3.26. The van der Waals surface area contributed by atoms with Gasteiger partial charge < -0.3 is 23.7 Å². The van der Waals surface area contributed by atoms with Crippen LogP contribution >= 0.6 is 0 Å². The average molecular weight is 370 g/mol. The van der Waals surface area contributed by atoms with Crippen molar-refractivity contribution in [3.05, 3.63) is 59.7 Å². The zero-order valence-corrected chi connectivity index (χ0v) is 15.8. The highest BCUT2D eigenvalue weighted by Gasteiger charge is 2.33. The number of methoxy groups -OCH3 is 2. The molecule has 2 aliphatic rings. The van der Waals surface area contributed by atoms with Gasteiger partial charge in [0.2, 0.25) is 0 Å². The summed E-state index contributed by atoms with van der Waals surface area (Å²) in [5.41, 5.74) is 2.28. The first-order chi connectivity index (χ1) is 13.2. The summed E-state index contributed by atoms with van der Waals surface area (Å²) in [4.78, 5) is 0. The van der Waals surface area contributed by atoms with Crippen molar-refractivity contribution in [1.29, 1.82) is 0 Å². The Balaban J connectivity index is 1.54. The number of rotatable bonds is 10. The van der Waals surface area contributed by atoms with Crippen molar-refractivity contribution in [2.45, 2.75) is 37.3 Å². The van der Waals surface area contributed by atoms with E-state index in [4.69, 9.17) is 23.7 Å². The molecule has 5 heteroatoms. The van der Waals surface area contributed by atoms with Gasteiger partial charge in [0.25, 0.3) is 0 Å². The van der Waals surface area contributed by atoms with Crippen LogP contribution in [0.5, 0.6) is 11.5 Å². The highest BCUT2D eigenvalue weighted by molar-refractivity contribution is 5.30. The molecule has 2 saturated heterocycles. The monoisotopic (exact) mass is 370 g/mol. The molecule has 0 bridgehead atoms. The Hall–Kier alpha value is -2.08. The predicted octanol–water partition coefficient (Wildman–Crippen LogP) is 4.08. The molecule has 4 unspecified atom stereocenters. The molecule has 0 N–H and O–H groups in total. The van der Waals surface area contributed by atoms with Crippen LogP contribution in [0.2, 0.25) is 0 Å². The Morgan fingerprint density at radius 3 is 1.41 bits per heavy atom. The molecule has 0 amide bonds. The molecule has 0 aliphatic carbocycles. The second-order valence-electron chi connectivity index (χ2n) is 7.04. The molecule has 144 valence electrons. The van der Waals surface area contributed by atoms with E-state index in [0.29, 0.717) is 0 Å². The van der Waals surface area contributed by atoms with Gasteiger partial charge in [-0.05, 0) is 35.4 Å². The standard InChI is InChI=1S/C22H26O5/c1-23-17-7-3-15(4-8-17)21(11-19-13-25-19)27-22(12-20-14-26-20)16-5-9-18(24-2)10-6-16/h3-10,19-22H,11-14H2,1-2H3. The molecule has 2 aromatic carbocycles. The summed E-state index contributed by atoms with van der Waals surface area (Å²) in [7, 11) is 3.35. The van der Waals surface area contributed by atoms with Gasteiger partial charge >= 0.3 is 0 Å². The molecule has 4 rings (SSSR count). The van der Waals surface area contributed by atoms with E-state index in [1.54, 1.807) is 14.2 Å². The second-order valence-corrected chi connectivity index (χ2v) is 7.04. The first-order valence-corrected chi connectivity index (χ1v) is 9.41. The third kappa shape index (κ3) is 5.01. The Morgan fingerprint density at radius 1 is 0.741 bits per heavy atom. The second kappa shape index (κ2) is 8.30. The Kier molecular flexibility index (Phi) is 5.62. The molecule has 0 radical (unpaired) electrons. The smallest absolute Gasteiger partial charge is 0.118 e. The lowest BCUT2D eigenvalue weighted by Gasteiger charge is -2.25. The van der Waals surface area contributed by atoms with E-state index in [1.165, 1.54) is 0 Å². The number of hydrogen-bond acceptors (Lipinski definition) is 5. The van der Waals surface area contributed by atoms with Crippen molar-refractivity contribution >= 4 is 0 Å². The maximum atomic E-state index is 6.63. The maximum absolute atomic E-state index is 6.63. The zero-order valence-electron chi connectivity index (χ0n) is 15.8. The van der Waals surface area contributed by atoms with Crippen LogP contribution in [0.4, 0.5) is 0 Å². The molecule has 27 heavy (non-hydrogen) atoms. The Labute approximate surface area is 160 Å². The molecule has 2 aromatic rings.